The third kappa shape index (κ3) is 3.45. The Morgan fingerprint density at radius 1 is 1.10 bits per heavy atom. The highest BCUT2D eigenvalue weighted by Gasteiger charge is 2.11. The highest BCUT2D eigenvalue weighted by Crippen LogP contribution is 2.22. The molecule has 2 aromatic rings. The van der Waals surface area contributed by atoms with Gasteiger partial charge in [0.15, 0.2) is 17.4 Å². The van der Waals surface area contributed by atoms with E-state index < -0.39 is 11.6 Å². The molecule has 0 unspecified atom stereocenters. The Bertz CT molecular complexity index is 626. The lowest BCUT2D eigenvalue weighted by Gasteiger charge is -2.06. The van der Waals surface area contributed by atoms with Crippen LogP contribution in [0.5, 0.6) is 0 Å². The Labute approximate surface area is 121 Å². The highest BCUT2D eigenvalue weighted by molar-refractivity contribution is 7.98. The molecule has 104 valence electrons. The van der Waals surface area contributed by atoms with Crippen molar-refractivity contribution in [1.29, 1.82) is 0 Å². The quantitative estimate of drug-likeness (QED) is 0.596. The molecule has 0 aliphatic carbocycles. The Morgan fingerprint density at radius 3 is 2.55 bits per heavy atom. The average Bonchev–Trinajstić information content (AvgIpc) is 2.47. The van der Waals surface area contributed by atoms with E-state index in [1.54, 1.807) is 11.8 Å². The van der Waals surface area contributed by atoms with E-state index in [4.69, 9.17) is 0 Å². The maximum Gasteiger partial charge on any atom is 0.163 e. The van der Waals surface area contributed by atoms with Gasteiger partial charge < -0.3 is 0 Å². The topological polar surface area (TPSA) is 17.1 Å². The van der Waals surface area contributed by atoms with Gasteiger partial charge in [0, 0.05) is 16.9 Å². The van der Waals surface area contributed by atoms with Gasteiger partial charge in [0.1, 0.15) is 0 Å². The summed E-state index contributed by atoms with van der Waals surface area (Å²) >= 11 is 1.63. The third-order valence-corrected chi connectivity index (χ3v) is 3.89. The zero-order valence-electron chi connectivity index (χ0n) is 11.0. The lowest BCUT2D eigenvalue weighted by molar-refractivity contribution is 0.0982. The molecule has 0 N–H and O–H groups in total. The molecule has 20 heavy (non-hydrogen) atoms. The van der Waals surface area contributed by atoms with Gasteiger partial charge >= 0.3 is 0 Å². The van der Waals surface area contributed by atoms with E-state index >= 15 is 0 Å². The summed E-state index contributed by atoms with van der Waals surface area (Å²) in [7, 11) is 0. The van der Waals surface area contributed by atoms with Gasteiger partial charge in [0.2, 0.25) is 0 Å². The minimum absolute atomic E-state index is 0.181. The summed E-state index contributed by atoms with van der Waals surface area (Å²) in [5.74, 6) is -2.10. The maximum absolute atomic E-state index is 13.1. The lowest BCUT2D eigenvalue weighted by Crippen LogP contribution is -2.03. The van der Waals surface area contributed by atoms with Crippen LogP contribution in [-0.4, -0.2) is 12.0 Å². The smallest absolute Gasteiger partial charge is 0.163 e. The summed E-state index contributed by atoms with van der Waals surface area (Å²) in [6, 6.07) is 11.1. The first kappa shape index (κ1) is 14.7. The fourth-order valence-corrected chi connectivity index (χ4v) is 2.62. The molecule has 2 rings (SSSR count). The zero-order chi connectivity index (χ0) is 14.5. The Morgan fingerprint density at radius 2 is 1.85 bits per heavy atom. The number of carbonyl (C=O) groups is 1. The summed E-state index contributed by atoms with van der Waals surface area (Å²) in [6.07, 6.45) is 2.85. The zero-order valence-corrected chi connectivity index (χ0v) is 11.8. The highest BCUT2D eigenvalue weighted by atomic mass is 32.2. The molecule has 0 amide bonds. The molecule has 0 aromatic heterocycles. The molecule has 0 heterocycles. The van der Waals surface area contributed by atoms with Crippen molar-refractivity contribution in [3.8, 4) is 0 Å². The summed E-state index contributed by atoms with van der Waals surface area (Å²) in [4.78, 5) is 13.1. The van der Waals surface area contributed by atoms with E-state index in [-0.39, 0.29) is 17.8 Å². The van der Waals surface area contributed by atoms with Gasteiger partial charge in [-0.05, 0) is 42.5 Å². The molecular formula is C16H14F2OS. The van der Waals surface area contributed by atoms with Crippen molar-refractivity contribution in [2.24, 2.45) is 0 Å². The van der Waals surface area contributed by atoms with Crippen molar-refractivity contribution in [2.75, 3.05) is 6.26 Å². The summed E-state index contributed by atoms with van der Waals surface area (Å²) in [5, 5.41) is 0. The van der Waals surface area contributed by atoms with Gasteiger partial charge in [-0.2, -0.15) is 0 Å². The van der Waals surface area contributed by atoms with Crippen molar-refractivity contribution in [3.63, 3.8) is 0 Å². The summed E-state index contributed by atoms with van der Waals surface area (Å²) < 4.78 is 25.9. The SMILES string of the molecule is CSc1ccccc1CCC(=O)c1ccc(F)c(F)c1. The molecule has 0 bridgehead atoms. The second-order valence-electron chi connectivity index (χ2n) is 4.36. The van der Waals surface area contributed by atoms with E-state index in [2.05, 4.69) is 0 Å². The molecule has 0 fully saturated rings. The normalized spacial score (nSPS) is 10.6. The standard InChI is InChI=1S/C16H14F2OS/c1-20-16-5-3-2-4-11(16)7-9-15(19)12-6-8-13(17)14(18)10-12/h2-6,8,10H,7,9H2,1H3. The second kappa shape index (κ2) is 6.66. The van der Waals surface area contributed by atoms with Crippen LogP contribution in [0, 0.1) is 11.6 Å². The molecule has 4 heteroatoms. The Kier molecular flexibility index (Phi) is 4.90. The number of hydrogen-bond donors (Lipinski definition) is 0. The van der Waals surface area contributed by atoms with Crippen LogP contribution in [0.2, 0.25) is 0 Å². The van der Waals surface area contributed by atoms with Crippen LogP contribution in [0.4, 0.5) is 8.78 Å². The number of Topliss-reactive ketones (excluding diaryl/α,β-unsaturated/α-hetero) is 1. The number of ketones is 1. The fourth-order valence-electron chi connectivity index (χ4n) is 1.97. The Hall–Kier alpha value is -1.68. The third-order valence-electron chi connectivity index (χ3n) is 3.06. The van der Waals surface area contributed by atoms with Crippen LogP contribution in [0.3, 0.4) is 0 Å². The predicted molar refractivity (Wildman–Crippen MR) is 77.2 cm³/mol. The van der Waals surface area contributed by atoms with Crippen LogP contribution in [0.1, 0.15) is 22.3 Å². The minimum atomic E-state index is -0.986. The van der Waals surface area contributed by atoms with E-state index in [1.807, 2.05) is 30.5 Å². The summed E-state index contributed by atoms with van der Waals surface area (Å²) in [6.45, 7) is 0. The molecule has 0 saturated carbocycles. The Balaban J connectivity index is 2.06. The maximum atomic E-state index is 13.1. The number of benzene rings is 2. The predicted octanol–water partition coefficient (Wildman–Crippen LogP) is 4.50. The van der Waals surface area contributed by atoms with Crippen LogP contribution < -0.4 is 0 Å². The van der Waals surface area contributed by atoms with Gasteiger partial charge in [-0.3, -0.25) is 4.79 Å². The number of halogens is 2. The van der Waals surface area contributed by atoms with Crippen molar-refractivity contribution in [3.05, 3.63) is 65.2 Å². The van der Waals surface area contributed by atoms with E-state index in [0.717, 1.165) is 22.6 Å². The largest absolute Gasteiger partial charge is 0.294 e. The van der Waals surface area contributed by atoms with Gasteiger partial charge in [-0.1, -0.05) is 18.2 Å². The lowest BCUT2D eigenvalue weighted by atomic mass is 10.0. The van der Waals surface area contributed by atoms with Crippen LogP contribution in [0.15, 0.2) is 47.4 Å². The van der Waals surface area contributed by atoms with E-state index in [0.29, 0.717) is 6.42 Å². The molecule has 0 aliphatic heterocycles. The summed E-state index contributed by atoms with van der Waals surface area (Å²) in [5.41, 5.74) is 1.31. The van der Waals surface area contributed by atoms with Crippen molar-refractivity contribution in [1.82, 2.24) is 0 Å². The molecule has 0 saturated heterocycles. The van der Waals surface area contributed by atoms with Crippen molar-refractivity contribution >= 4 is 17.5 Å². The van der Waals surface area contributed by atoms with Gasteiger partial charge in [0.25, 0.3) is 0 Å². The average molecular weight is 292 g/mol. The monoisotopic (exact) mass is 292 g/mol. The molecule has 0 radical (unpaired) electrons. The van der Waals surface area contributed by atoms with Crippen LogP contribution in [-0.2, 0) is 6.42 Å². The minimum Gasteiger partial charge on any atom is -0.294 e. The number of hydrogen-bond acceptors (Lipinski definition) is 2. The molecule has 2 aromatic carbocycles. The van der Waals surface area contributed by atoms with E-state index in [9.17, 15) is 13.6 Å². The first-order chi connectivity index (χ1) is 9.61. The second-order valence-corrected chi connectivity index (χ2v) is 5.21. The molecule has 1 nitrogen and oxygen atoms in total. The first-order valence-corrected chi connectivity index (χ1v) is 7.44. The number of carbonyl (C=O) groups excluding carboxylic acids is 1. The van der Waals surface area contributed by atoms with Crippen LogP contribution in [0.25, 0.3) is 0 Å². The number of thioether (sulfide) groups is 1. The van der Waals surface area contributed by atoms with Gasteiger partial charge in [-0.25, -0.2) is 8.78 Å². The van der Waals surface area contributed by atoms with Gasteiger partial charge in [0.05, 0.1) is 0 Å². The molecule has 0 atom stereocenters. The van der Waals surface area contributed by atoms with Crippen molar-refractivity contribution < 1.29 is 13.6 Å². The molecule has 0 spiro atoms. The molecular weight excluding hydrogens is 278 g/mol. The fraction of sp³-hybridized carbons (Fsp3) is 0.188. The van der Waals surface area contributed by atoms with Gasteiger partial charge in [-0.15, -0.1) is 11.8 Å². The number of rotatable bonds is 5. The number of aryl methyl sites for hydroxylation is 1. The first-order valence-electron chi connectivity index (χ1n) is 6.22. The van der Waals surface area contributed by atoms with Crippen molar-refractivity contribution in [2.45, 2.75) is 17.7 Å². The van der Waals surface area contributed by atoms with Crippen LogP contribution >= 0.6 is 11.8 Å². The molecule has 0 aliphatic rings. The van der Waals surface area contributed by atoms with E-state index in [1.165, 1.54) is 6.07 Å².